The number of oxazole rings is 1. The number of nitrogens with one attached hydrogen (secondary N) is 1. The van der Waals surface area contributed by atoms with E-state index in [1.54, 1.807) is 13.1 Å². The lowest BCUT2D eigenvalue weighted by atomic mass is 10.1. The summed E-state index contributed by atoms with van der Waals surface area (Å²) >= 11 is 0. The molecule has 3 rings (SSSR count). The molecular weight excluding hydrogens is 302 g/mol. The van der Waals surface area contributed by atoms with Crippen molar-refractivity contribution in [3.63, 3.8) is 0 Å². The Morgan fingerprint density at radius 1 is 1.41 bits per heavy atom. The zero-order valence-electron chi connectivity index (χ0n) is 12.4. The SMILES string of the molecule is CC(CN)C(=O)Nc1ccc(-c2cnc(C3CC3)o2)cc1.Cl. The number of carbonyl (C=O) groups is 1. The van der Waals surface area contributed by atoms with Crippen LogP contribution in [0.1, 0.15) is 31.6 Å². The lowest BCUT2D eigenvalue weighted by Gasteiger charge is -2.10. The van der Waals surface area contributed by atoms with E-state index >= 15 is 0 Å². The Hall–Kier alpha value is -1.85. The molecule has 1 aromatic carbocycles. The lowest BCUT2D eigenvalue weighted by molar-refractivity contribution is -0.119. The van der Waals surface area contributed by atoms with Crippen LogP contribution >= 0.6 is 12.4 Å². The fraction of sp³-hybridized carbons (Fsp3) is 0.375. The molecule has 0 saturated heterocycles. The lowest BCUT2D eigenvalue weighted by Crippen LogP contribution is -2.26. The first-order chi connectivity index (χ1) is 10.2. The van der Waals surface area contributed by atoms with Gasteiger partial charge in [-0.2, -0.15) is 0 Å². The predicted octanol–water partition coefficient (Wildman–Crippen LogP) is 3.17. The molecule has 6 heteroatoms. The number of hydrogen-bond donors (Lipinski definition) is 2. The van der Waals surface area contributed by atoms with E-state index in [1.807, 2.05) is 24.3 Å². The van der Waals surface area contributed by atoms with E-state index in [1.165, 1.54) is 12.8 Å². The third-order valence-electron chi connectivity index (χ3n) is 3.69. The largest absolute Gasteiger partial charge is 0.440 e. The minimum absolute atomic E-state index is 0. The first-order valence-corrected chi connectivity index (χ1v) is 7.24. The average Bonchev–Trinajstić information content (AvgIpc) is 3.25. The molecule has 1 aromatic heterocycles. The van der Waals surface area contributed by atoms with Gasteiger partial charge in [0, 0.05) is 29.6 Å². The van der Waals surface area contributed by atoms with Crippen LogP contribution in [0.2, 0.25) is 0 Å². The van der Waals surface area contributed by atoms with Crippen molar-refractivity contribution in [1.29, 1.82) is 0 Å². The highest BCUT2D eigenvalue weighted by Crippen LogP contribution is 2.40. The minimum Gasteiger partial charge on any atom is -0.440 e. The predicted molar refractivity (Wildman–Crippen MR) is 88.0 cm³/mol. The molecule has 1 amide bonds. The van der Waals surface area contributed by atoms with Gasteiger partial charge in [-0.25, -0.2) is 4.98 Å². The Kier molecular flexibility index (Phi) is 5.21. The molecule has 0 bridgehead atoms. The second-order valence-electron chi connectivity index (χ2n) is 5.54. The minimum atomic E-state index is -0.194. The highest BCUT2D eigenvalue weighted by molar-refractivity contribution is 5.92. The van der Waals surface area contributed by atoms with Crippen LogP contribution in [0.4, 0.5) is 5.69 Å². The first kappa shape index (κ1) is 16.5. The maximum Gasteiger partial charge on any atom is 0.228 e. The summed E-state index contributed by atoms with van der Waals surface area (Å²) in [6.07, 6.45) is 4.10. The van der Waals surface area contributed by atoms with Crippen LogP contribution in [0, 0.1) is 5.92 Å². The van der Waals surface area contributed by atoms with Crippen LogP contribution in [0.25, 0.3) is 11.3 Å². The van der Waals surface area contributed by atoms with Gasteiger partial charge in [0.1, 0.15) is 0 Å². The Labute approximate surface area is 135 Å². The van der Waals surface area contributed by atoms with E-state index in [9.17, 15) is 4.79 Å². The third-order valence-corrected chi connectivity index (χ3v) is 3.69. The summed E-state index contributed by atoms with van der Waals surface area (Å²) in [6, 6.07) is 7.55. The molecule has 22 heavy (non-hydrogen) atoms. The maximum atomic E-state index is 11.8. The van der Waals surface area contributed by atoms with Crippen molar-refractivity contribution < 1.29 is 9.21 Å². The van der Waals surface area contributed by atoms with Gasteiger partial charge in [-0.15, -0.1) is 12.4 Å². The number of nitrogens with zero attached hydrogens (tertiary/aromatic N) is 1. The van der Waals surface area contributed by atoms with Crippen LogP contribution in [-0.2, 0) is 4.79 Å². The van der Waals surface area contributed by atoms with E-state index in [4.69, 9.17) is 10.2 Å². The van der Waals surface area contributed by atoms with E-state index in [0.717, 1.165) is 22.9 Å². The summed E-state index contributed by atoms with van der Waals surface area (Å²) < 4.78 is 5.76. The molecule has 1 atom stereocenters. The van der Waals surface area contributed by atoms with Gasteiger partial charge in [0.05, 0.1) is 6.20 Å². The second-order valence-corrected chi connectivity index (χ2v) is 5.54. The number of anilines is 1. The van der Waals surface area contributed by atoms with Crippen LogP contribution in [0.15, 0.2) is 34.9 Å². The molecule has 5 nitrogen and oxygen atoms in total. The van der Waals surface area contributed by atoms with E-state index in [0.29, 0.717) is 12.5 Å². The zero-order chi connectivity index (χ0) is 14.8. The molecule has 0 aliphatic heterocycles. The smallest absolute Gasteiger partial charge is 0.228 e. The summed E-state index contributed by atoms with van der Waals surface area (Å²) in [4.78, 5) is 16.1. The summed E-state index contributed by atoms with van der Waals surface area (Å²) in [7, 11) is 0. The first-order valence-electron chi connectivity index (χ1n) is 7.24. The third kappa shape index (κ3) is 3.67. The van der Waals surface area contributed by atoms with Crippen LogP contribution in [0.3, 0.4) is 0 Å². The summed E-state index contributed by atoms with van der Waals surface area (Å²) in [6.45, 7) is 2.14. The van der Waals surface area contributed by atoms with Gasteiger partial charge in [0.2, 0.25) is 5.91 Å². The molecule has 1 fully saturated rings. The van der Waals surface area contributed by atoms with E-state index < -0.39 is 0 Å². The molecule has 2 aromatic rings. The monoisotopic (exact) mass is 321 g/mol. The van der Waals surface area contributed by atoms with Gasteiger partial charge in [-0.3, -0.25) is 4.79 Å². The fourth-order valence-corrected chi connectivity index (χ4v) is 2.03. The molecule has 118 valence electrons. The standard InChI is InChI=1S/C16H19N3O2.ClH/c1-10(8-17)15(20)19-13-6-4-11(5-7-13)14-9-18-16(21-14)12-2-3-12;/h4-7,9-10,12H,2-3,8,17H2,1H3,(H,19,20);1H. The molecule has 1 saturated carbocycles. The molecule has 0 spiro atoms. The molecular formula is C16H20ClN3O2. The molecule has 1 aliphatic carbocycles. The molecule has 1 aliphatic rings. The summed E-state index contributed by atoms with van der Waals surface area (Å²) in [5, 5.41) is 2.84. The summed E-state index contributed by atoms with van der Waals surface area (Å²) in [5.74, 6) is 1.85. The van der Waals surface area contributed by atoms with Crippen molar-refractivity contribution >= 4 is 24.0 Å². The number of hydrogen-bond acceptors (Lipinski definition) is 4. The van der Waals surface area contributed by atoms with Crippen molar-refractivity contribution in [2.75, 3.05) is 11.9 Å². The molecule has 3 N–H and O–H groups in total. The highest BCUT2D eigenvalue weighted by atomic mass is 35.5. The topological polar surface area (TPSA) is 81.2 Å². The van der Waals surface area contributed by atoms with Crippen molar-refractivity contribution in [3.8, 4) is 11.3 Å². The van der Waals surface area contributed by atoms with Gasteiger partial charge >= 0.3 is 0 Å². The van der Waals surface area contributed by atoms with Crippen LogP contribution < -0.4 is 11.1 Å². The Morgan fingerprint density at radius 3 is 2.68 bits per heavy atom. The van der Waals surface area contributed by atoms with Gasteiger partial charge in [-0.1, -0.05) is 6.92 Å². The quantitative estimate of drug-likeness (QED) is 0.886. The Morgan fingerprint density at radius 2 is 2.09 bits per heavy atom. The summed E-state index contributed by atoms with van der Waals surface area (Å²) in [5.41, 5.74) is 7.19. The van der Waals surface area contributed by atoms with Gasteiger partial charge in [-0.05, 0) is 37.1 Å². The van der Waals surface area contributed by atoms with Crippen molar-refractivity contribution in [1.82, 2.24) is 4.98 Å². The Balaban J connectivity index is 0.00000176. The molecule has 1 heterocycles. The van der Waals surface area contributed by atoms with Gasteiger partial charge in [0.25, 0.3) is 0 Å². The number of rotatable bonds is 5. The van der Waals surface area contributed by atoms with Crippen molar-refractivity contribution in [2.45, 2.75) is 25.7 Å². The van der Waals surface area contributed by atoms with Gasteiger partial charge < -0.3 is 15.5 Å². The maximum absolute atomic E-state index is 11.8. The zero-order valence-corrected chi connectivity index (χ0v) is 13.2. The molecule has 0 radical (unpaired) electrons. The van der Waals surface area contributed by atoms with Crippen LogP contribution in [-0.4, -0.2) is 17.4 Å². The van der Waals surface area contributed by atoms with E-state index in [-0.39, 0.29) is 24.2 Å². The normalized spacial score (nSPS) is 15.0. The van der Waals surface area contributed by atoms with Gasteiger partial charge in [0.15, 0.2) is 11.7 Å². The molecule has 1 unspecified atom stereocenters. The van der Waals surface area contributed by atoms with E-state index in [2.05, 4.69) is 10.3 Å². The number of benzene rings is 1. The second kappa shape index (κ2) is 6.94. The number of halogens is 1. The van der Waals surface area contributed by atoms with Crippen LogP contribution in [0.5, 0.6) is 0 Å². The average molecular weight is 322 g/mol. The highest BCUT2D eigenvalue weighted by Gasteiger charge is 2.28. The van der Waals surface area contributed by atoms with Crippen molar-refractivity contribution in [2.24, 2.45) is 11.7 Å². The Bertz CT molecular complexity index is 635. The number of carbonyl (C=O) groups excluding carboxylic acids is 1. The van der Waals surface area contributed by atoms with Crippen molar-refractivity contribution in [3.05, 3.63) is 36.4 Å². The fourth-order valence-electron chi connectivity index (χ4n) is 2.03. The number of amides is 1. The number of nitrogens with two attached hydrogens (primary N) is 1. The number of aromatic nitrogens is 1.